The fourth-order valence-electron chi connectivity index (χ4n) is 2.73. The number of alkyl halides is 3. The van der Waals surface area contributed by atoms with E-state index in [-0.39, 0.29) is 10.6 Å². The summed E-state index contributed by atoms with van der Waals surface area (Å²) in [5, 5.41) is 3.18. The molecule has 1 aliphatic rings. The average Bonchev–Trinajstić information content (AvgIpc) is 2.24. The number of benzene rings is 1. The predicted octanol–water partition coefficient (Wildman–Crippen LogP) is 3.90. The van der Waals surface area contributed by atoms with E-state index < -0.39 is 11.7 Å². The molecule has 0 saturated heterocycles. The zero-order chi connectivity index (χ0) is 14.3. The quantitative estimate of drug-likeness (QED) is 0.887. The monoisotopic (exact) mass is 292 g/mol. The molecule has 0 radical (unpaired) electrons. The van der Waals surface area contributed by atoms with Gasteiger partial charge in [0.15, 0.2) is 0 Å². The summed E-state index contributed by atoms with van der Waals surface area (Å²) in [7, 11) is 0. The summed E-state index contributed by atoms with van der Waals surface area (Å²) in [5.41, 5.74) is 5.05. The molecule has 0 spiro atoms. The fraction of sp³-hybridized carbons (Fsp3) is 0.538. The molecule has 3 N–H and O–H groups in total. The van der Waals surface area contributed by atoms with E-state index in [1.807, 2.05) is 0 Å². The van der Waals surface area contributed by atoms with Gasteiger partial charge in [0.05, 0.1) is 11.1 Å². The second kappa shape index (κ2) is 4.87. The van der Waals surface area contributed by atoms with Crippen LogP contribution in [0.3, 0.4) is 0 Å². The molecule has 106 valence electrons. The molecule has 0 amide bonds. The first-order valence-corrected chi connectivity index (χ1v) is 6.48. The highest BCUT2D eigenvalue weighted by Crippen LogP contribution is 2.41. The Labute approximate surface area is 115 Å². The van der Waals surface area contributed by atoms with Crippen LogP contribution in [0.4, 0.5) is 18.9 Å². The van der Waals surface area contributed by atoms with Crippen LogP contribution in [0.15, 0.2) is 18.2 Å². The minimum Gasteiger partial charge on any atom is -0.378 e. The van der Waals surface area contributed by atoms with Crippen LogP contribution in [0, 0.1) is 5.92 Å². The number of anilines is 1. The van der Waals surface area contributed by atoms with Crippen LogP contribution in [0.5, 0.6) is 0 Å². The van der Waals surface area contributed by atoms with Crippen LogP contribution < -0.4 is 11.1 Å². The van der Waals surface area contributed by atoms with Crippen molar-refractivity contribution in [2.24, 2.45) is 11.7 Å². The molecule has 0 bridgehead atoms. The van der Waals surface area contributed by atoms with Gasteiger partial charge in [-0.3, -0.25) is 0 Å². The van der Waals surface area contributed by atoms with Crippen LogP contribution in [0.1, 0.15) is 25.3 Å². The van der Waals surface area contributed by atoms with Gasteiger partial charge in [0.2, 0.25) is 0 Å². The van der Waals surface area contributed by atoms with Crippen molar-refractivity contribution in [3.8, 4) is 0 Å². The fourth-order valence-corrected chi connectivity index (χ4v) is 2.96. The highest BCUT2D eigenvalue weighted by molar-refractivity contribution is 6.30. The van der Waals surface area contributed by atoms with Crippen molar-refractivity contribution in [1.82, 2.24) is 0 Å². The Morgan fingerprint density at radius 2 is 2.00 bits per heavy atom. The third-order valence-corrected chi connectivity index (χ3v) is 3.72. The van der Waals surface area contributed by atoms with Crippen LogP contribution in [0.2, 0.25) is 5.02 Å². The van der Waals surface area contributed by atoms with Crippen LogP contribution in [0.25, 0.3) is 0 Å². The zero-order valence-electron chi connectivity index (χ0n) is 10.5. The van der Waals surface area contributed by atoms with Crippen molar-refractivity contribution in [2.75, 3.05) is 11.9 Å². The Morgan fingerprint density at radius 3 is 2.47 bits per heavy atom. The van der Waals surface area contributed by atoms with Crippen LogP contribution >= 0.6 is 11.6 Å². The minimum absolute atomic E-state index is 0.0665. The zero-order valence-corrected chi connectivity index (χ0v) is 11.3. The van der Waals surface area contributed by atoms with Crippen molar-refractivity contribution in [3.05, 3.63) is 28.8 Å². The Kier molecular flexibility index (Phi) is 3.71. The maximum Gasteiger partial charge on any atom is 0.416 e. The van der Waals surface area contributed by atoms with E-state index in [4.69, 9.17) is 17.3 Å². The maximum atomic E-state index is 12.7. The number of nitrogens with two attached hydrogens (primary N) is 1. The number of nitrogens with one attached hydrogen (secondary N) is 1. The number of rotatable bonds is 3. The number of hydrogen-bond donors (Lipinski definition) is 2. The van der Waals surface area contributed by atoms with Gasteiger partial charge >= 0.3 is 6.18 Å². The first kappa shape index (κ1) is 14.5. The van der Waals surface area contributed by atoms with Crippen LogP contribution in [-0.2, 0) is 6.18 Å². The summed E-state index contributed by atoms with van der Waals surface area (Å²) >= 11 is 5.75. The van der Waals surface area contributed by atoms with E-state index in [1.165, 1.54) is 6.07 Å². The van der Waals surface area contributed by atoms with E-state index in [0.717, 1.165) is 25.0 Å². The van der Waals surface area contributed by atoms with Crippen molar-refractivity contribution in [1.29, 1.82) is 0 Å². The Balaban J connectivity index is 2.23. The van der Waals surface area contributed by atoms with Gasteiger partial charge in [0.25, 0.3) is 0 Å². The van der Waals surface area contributed by atoms with E-state index >= 15 is 0 Å². The van der Waals surface area contributed by atoms with Crippen LogP contribution in [-0.4, -0.2) is 12.1 Å². The molecule has 19 heavy (non-hydrogen) atoms. The van der Waals surface area contributed by atoms with Gasteiger partial charge < -0.3 is 11.1 Å². The van der Waals surface area contributed by atoms with Gasteiger partial charge in [0, 0.05) is 17.3 Å². The summed E-state index contributed by atoms with van der Waals surface area (Å²) in [6.07, 6.45) is -2.68. The molecule has 0 aromatic heterocycles. The molecular weight excluding hydrogens is 277 g/mol. The number of hydrogen-bond acceptors (Lipinski definition) is 2. The van der Waals surface area contributed by atoms with Gasteiger partial charge in [-0.25, -0.2) is 0 Å². The molecule has 1 fully saturated rings. The first-order valence-electron chi connectivity index (χ1n) is 6.10. The van der Waals surface area contributed by atoms with Crippen molar-refractivity contribution in [3.63, 3.8) is 0 Å². The summed E-state index contributed by atoms with van der Waals surface area (Å²) in [5.74, 6) is 0.539. The van der Waals surface area contributed by atoms with E-state index in [1.54, 1.807) is 0 Å². The van der Waals surface area contributed by atoms with Gasteiger partial charge in [0.1, 0.15) is 0 Å². The molecular formula is C13H16ClF3N2. The molecule has 0 atom stereocenters. The standard InChI is InChI=1S/C13H16ClF3N2/c1-8-5-12(6-8,7-18)19-11-3-9(13(15,16)17)2-10(14)4-11/h2-4,8,19H,5-7,18H2,1H3. The lowest BCUT2D eigenvalue weighted by atomic mass is 9.69. The molecule has 1 aromatic rings. The summed E-state index contributed by atoms with van der Waals surface area (Å²) in [6, 6.07) is 3.49. The molecule has 6 heteroatoms. The average molecular weight is 293 g/mol. The lowest BCUT2D eigenvalue weighted by molar-refractivity contribution is -0.137. The second-order valence-electron chi connectivity index (χ2n) is 5.35. The third kappa shape index (κ3) is 3.15. The SMILES string of the molecule is CC1CC(CN)(Nc2cc(Cl)cc(C(F)(F)F)c2)C1. The normalized spacial score (nSPS) is 26.9. The molecule has 0 aliphatic heterocycles. The Hall–Kier alpha value is -0.940. The van der Waals surface area contributed by atoms with Crippen molar-refractivity contribution >= 4 is 17.3 Å². The lowest BCUT2D eigenvalue weighted by Crippen LogP contribution is -2.54. The molecule has 2 nitrogen and oxygen atoms in total. The molecule has 1 saturated carbocycles. The van der Waals surface area contributed by atoms with E-state index in [0.29, 0.717) is 18.2 Å². The highest BCUT2D eigenvalue weighted by atomic mass is 35.5. The Bertz CT molecular complexity index is 467. The minimum atomic E-state index is -4.40. The molecule has 1 aliphatic carbocycles. The first-order chi connectivity index (χ1) is 8.74. The predicted molar refractivity (Wildman–Crippen MR) is 70.3 cm³/mol. The lowest BCUT2D eigenvalue weighted by Gasteiger charge is -2.47. The topological polar surface area (TPSA) is 38.0 Å². The molecule has 0 unspecified atom stereocenters. The summed E-state index contributed by atoms with van der Waals surface area (Å²) in [4.78, 5) is 0. The highest BCUT2D eigenvalue weighted by Gasteiger charge is 2.41. The molecule has 0 heterocycles. The summed E-state index contributed by atoms with van der Waals surface area (Å²) < 4.78 is 38.1. The van der Waals surface area contributed by atoms with Gasteiger partial charge in [-0.15, -0.1) is 0 Å². The largest absolute Gasteiger partial charge is 0.416 e. The smallest absolute Gasteiger partial charge is 0.378 e. The maximum absolute atomic E-state index is 12.7. The Morgan fingerprint density at radius 1 is 1.37 bits per heavy atom. The summed E-state index contributed by atoms with van der Waals surface area (Å²) in [6.45, 7) is 2.49. The van der Waals surface area contributed by atoms with Gasteiger partial charge in [-0.05, 0) is 37.0 Å². The third-order valence-electron chi connectivity index (χ3n) is 3.50. The van der Waals surface area contributed by atoms with Crippen molar-refractivity contribution < 1.29 is 13.2 Å². The van der Waals surface area contributed by atoms with Gasteiger partial charge in [-0.2, -0.15) is 13.2 Å². The molecule has 1 aromatic carbocycles. The molecule has 2 rings (SSSR count). The number of halogens is 4. The van der Waals surface area contributed by atoms with E-state index in [9.17, 15) is 13.2 Å². The van der Waals surface area contributed by atoms with Crippen molar-refractivity contribution in [2.45, 2.75) is 31.5 Å². The van der Waals surface area contributed by atoms with E-state index in [2.05, 4.69) is 12.2 Å². The van der Waals surface area contributed by atoms with Gasteiger partial charge in [-0.1, -0.05) is 18.5 Å². The second-order valence-corrected chi connectivity index (χ2v) is 5.79.